The molecular weight excluding hydrogens is 194 g/mol. The summed E-state index contributed by atoms with van der Waals surface area (Å²) in [6.45, 7) is 12.7. The van der Waals surface area contributed by atoms with Crippen LogP contribution in [0.25, 0.3) is 0 Å². The van der Waals surface area contributed by atoms with Gasteiger partial charge in [0.1, 0.15) is 5.60 Å². The molecule has 3 heteroatoms. The van der Waals surface area contributed by atoms with E-state index >= 15 is 0 Å². The van der Waals surface area contributed by atoms with E-state index in [0.717, 1.165) is 5.06 Å². The summed E-state index contributed by atoms with van der Waals surface area (Å²) in [4.78, 5) is 0. The van der Waals surface area contributed by atoms with Crippen molar-refractivity contribution >= 4 is 11.3 Å². The van der Waals surface area contributed by atoms with Gasteiger partial charge in [-0.25, -0.2) is 0 Å². The summed E-state index contributed by atoms with van der Waals surface area (Å²) in [5.41, 5.74) is 2.12. The quantitative estimate of drug-likeness (QED) is 0.655. The molecule has 0 fully saturated rings. The van der Waals surface area contributed by atoms with E-state index in [2.05, 4.69) is 57.8 Å². The van der Waals surface area contributed by atoms with Gasteiger partial charge in [0.05, 0.1) is 0 Å². The molecule has 2 nitrogen and oxygen atoms in total. The minimum Gasteiger partial charge on any atom is -0.474 e. The van der Waals surface area contributed by atoms with Gasteiger partial charge < -0.3 is 4.74 Å². The topological polar surface area (TPSA) is 13.1 Å². The lowest BCUT2D eigenvalue weighted by Crippen LogP contribution is -2.48. The average Bonchev–Trinajstić information content (AvgIpc) is 2.29. The molecule has 0 aliphatic carbocycles. The number of ether oxygens (including phenoxy) is 1. The summed E-state index contributed by atoms with van der Waals surface area (Å²) in [7, 11) is 0. The monoisotopic (exact) mass is 214 g/mol. The van der Waals surface area contributed by atoms with Gasteiger partial charge in [0.25, 0.3) is 0 Å². The van der Waals surface area contributed by atoms with Crippen LogP contribution in [0.5, 0.6) is 5.06 Å². The first kappa shape index (κ1) is 11.5. The SMILES string of the molecule is CC(C)(C)Oc1c[n+](C(C)(C)C)cs1. The van der Waals surface area contributed by atoms with Gasteiger partial charge in [-0.05, 0) is 32.1 Å². The highest BCUT2D eigenvalue weighted by Gasteiger charge is 2.25. The molecule has 0 aliphatic rings. The van der Waals surface area contributed by atoms with E-state index in [1.54, 1.807) is 11.3 Å². The Morgan fingerprint density at radius 3 is 2.07 bits per heavy atom. The Kier molecular flexibility index (Phi) is 2.91. The maximum atomic E-state index is 5.78. The summed E-state index contributed by atoms with van der Waals surface area (Å²) in [5, 5.41) is 0.979. The Morgan fingerprint density at radius 1 is 1.14 bits per heavy atom. The third-order valence-electron chi connectivity index (χ3n) is 1.71. The highest BCUT2D eigenvalue weighted by atomic mass is 32.1. The van der Waals surface area contributed by atoms with Gasteiger partial charge in [0.15, 0.2) is 5.54 Å². The first-order valence-electron chi connectivity index (χ1n) is 4.88. The predicted octanol–water partition coefficient (Wildman–Crippen LogP) is 2.97. The van der Waals surface area contributed by atoms with Crippen LogP contribution in [0.4, 0.5) is 0 Å². The highest BCUT2D eigenvalue weighted by Crippen LogP contribution is 2.22. The standard InChI is InChI=1S/C11H20NOS/c1-10(2,3)12-7-9(14-8-12)13-11(4,5)6/h7-8H,1-6H3/q+1. The third-order valence-corrected chi connectivity index (χ3v) is 2.46. The molecule has 0 radical (unpaired) electrons. The number of aromatic nitrogens is 1. The first-order valence-corrected chi connectivity index (χ1v) is 5.76. The van der Waals surface area contributed by atoms with Gasteiger partial charge in [-0.3, -0.25) is 0 Å². The van der Waals surface area contributed by atoms with Crippen molar-refractivity contribution in [2.75, 3.05) is 0 Å². The van der Waals surface area contributed by atoms with E-state index < -0.39 is 0 Å². The lowest BCUT2D eigenvalue weighted by Gasteiger charge is -2.18. The third kappa shape index (κ3) is 3.29. The lowest BCUT2D eigenvalue weighted by molar-refractivity contribution is -0.750. The van der Waals surface area contributed by atoms with E-state index in [1.807, 2.05) is 0 Å². The molecule has 1 aromatic rings. The van der Waals surface area contributed by atoms with Crippen molar-refractivity contribution in [3.63, 3.8) is 0 Å². The second-order valence-electron chi connectivity index (χ2n) is 5.46. The summed E-state index contributed by atoms with van der Waals surface area (Å²) >= 11 is 1.64. The Bertz CT molecular complexity index is 304. The summed E-state index contributed by atoms with van der Waals surface area (Å²) in [6.07, 6.45) is 2.07. The van der Waals surface area contributed by atoms with Crippen molar-refractivity contribution in [1.29, 1.82) is 0 Å². The zero-order chi connectivity index (χ0) is 11.0. The normalized spacial score (nSPS) is 13.0. The molecule has 0 unspecified atom stereocenters. The van der Waals surface area contributed by atoms with Gasteiger partial charge in [-0.15, -0.1) is 0 Å². The molecule has 0 spiro atoms. The van der Waals surface area contributed by atoms with Crippen LogP contribution < -0.4 is 9.30 Å². The summed E-state index contributed by atoms with van der Waals surface area (Å²) < 4.78 is 7.95. The Morgan fingerprint density at radius 2 is 1.71 bits per heavy atom. The smallest absolute Gasteiger partial charge is 0.245 e. The molecule has 0 N–H and O–H groups in total. The minimum atomic E-state index is -0.111. The fraction of sp³-hybridized carbons (Fsp3) is 0.727. The number of hydrogen-bond acceptors (Lipinski definition) is 2. The number of thiazole rings is 1. The van der Waals surface area contributed by atoms with Crippen LogP contribution in [0.15, 0.2) is 11.7 Å². The van der Waals surface area contributed by atoms with Crippen molar-refractivity contribution < 1.29 is 9.30 Å². The van der Waals surface area contributed by atoms with Crippen molar-refractivity contribution in [3.8, 4) is 5.06 Å². The maximum absolute atomic E-state index is 5.78. The molecule has 0 amide bonds. The molecule has 0 saturated heterocycles. The highest BCUT2D eigenvalue weighted by molar-refractivity contribution is 7.11. The Balaban J connectivity index is 2.79. The van der Waals surface area contributed by atoms with Crippen LogP contribution in [0.3, 0.4) is 0 Å². The lowest BCUT2D eigenvalue weighted by atomic mass is 10.1. The van der Waals surface area contributed by atoms with E-state index in [9.17, 15) is 0 Å². The molecule has 0 aromatic carbocycles. The average molecular weight is 214 g/mol. The molecule has 0 atom stereocenters. The maximum Gasteiger partial charge on any atom is 0.245 e. The van der Waals surface area contributed by atoms with Gasteiger partial charge in [-0.2, -0.15) is 4.57 Å². The fourth-order valence-electron chi connectivity index (χ4n) is 0.987. The zero-order valence-corrected chi connectivity index (χ0v) is 10.7. The van der Waals surface area contributed by atoms with Crippen molar-refractivity contribution in [2.45, 2.75) is 52.7 Å². The number of nitrogens with zero attached hydrogens (tertiary/aromatic N) is 1. The molecule has 80 valence electrons. The van der Waals surface area contributed by atoms with E-state index in [1.165, 1.54) is 0 Å². The van der Waals surface area contributed by atoms with E-state index in [0.29, 0.717) is 0 Å². The molecule has 0 saturated carbocycles. The van der Waals surface area contributed by atoms with Gasteiger partial charge in [0, 0.05) is 20.8 Å². The van der Waals surface area contributed by atoms with Crippen molar-refractivity contribution in [2.24, 2.45) is 0 Å². The second-order valence-corrected chi connectivity index (χ2v) is 6.31. The largest absolute Gasteiger partial charge is 0.474 e. The van der Waals surface area contributed by atoms with Crippen LogP contribution >= 0.6 is 11.3 Å². The van der Waals surface area contributed by atoms with Crippen LogP contribution in [-0.4, -0.2) is 5.60 Å². The second kappa shape index (κ2) is 3.54. The molecule has 0 aliphatic heterocycles. The van der Waals surface area contributed by atoms with Crippen LogP contribution in [-0.2, 0) is 5.54 Å². The van der Waals surface area contributed by atoms with Gasteiger partial charge in [-0.1, -0.05) is 0 Å². The molecular formula is C11H20NOS+. The number of rotatable bonds is 1. The van der Waals surface area contributed by atoms with E-state index in [-0.39, 0.29) is 11.1 Å². The van der Waals surface area contributed by atoms with E-state index in [4.69, 9.17) is 4.74 Å². The van der Waals surface area contributed by atoms with Crippen molar-refractivity contribution in [3.05, 3.63) is 11.7 Å². The Hall–Kier alpha value is -0.570. The molecule has 1 aromatic heterocycles. The minimum absolute atomic E-state index is 0.111. The van der Waals surface area contributed by atoms with Crippen LogP contribution in [0, 0.1) is 0 Å². The first-order chi connectivity index (χ1) is 6.18. The van der Waals surface area contributed by atoms with Gasteiger partial charge in [0.2, 0.25) is 16.8 Å². The summed E-state index contributed by atoms with van der Waals surface area (Å²) in [6, 6.07) is 0. The molecule has 14 heavy (non-hydrogen) atoms. The Labute approximate surface area is 90.5 Å². The zero-order valence-electron chi connectivity index (χ0n) is 9.92. The van der Waals surface area contributed by atoms with Crippen LogP contribution in [0.1, 0.15) is 41.5 Å². The van der Waals surface area contributed by atoms with Crippen LogP contribution in [0.2, 0.25) is 0 Å². The summed E-state index contributed by atoms with van der Waals surface area (Å²) in [5.74, 6) is 0. The molecule has 0 bridgehead atoms. The number of hydrogen-bond donors (Lipinski definition) is 0. The fourth-order valence-corrected chi connectivity index (χ4v) is 2.05. The molecule has 1 rings (SSSR count). The molecule has 1 heterocycles. The predicted molar refractivity (Wildman–Crippen MR) is 59.9 cm³/mol. The van der Waals surface area contributed by atoms with Gasteiger partial charge >= 0.3 is 0 Å². The van der Waals surface area contributed by atoms with Crippen molar-refractivity contribution in [1.82, 2.24) is 0 Å².